The van der Waals surface area contributed by atoms with Crippen LogP contribution >= 0.6 is 35.6 Å². The van der Waals surface area contributed by atoms with Gasteiger partial charge in [-0.25, -0.2) is 0 Å². The summed E-state index contributed by atoms with van der Waals surface area (Å²) in [7, 11) is 1.56. The molecule has 0 unspecified atom stereocenters. The van der Waals surface area contributed by atoms with E-state index in [0.29, 0.717) is 29.6 Å². The molecule has 2 rings (SSSR count). The fourth-order valence-electron chi connectivity index (χ4n) is 2.15. The number of aliphatic imine (C=N–C) groups is 1. The first-order valence-electron chi connectivity index (χ1n) is 7.99. The summed E-state index contributed by atoms with van der Waals surface area (Å²) >= 11 is 5.91. The minimum Gasteiger partial charge on any atom is -0.459 e. The minimum absolute atomic E-state index is 0. The van der Waals surface area contributed by atoms with Crippen molar-refractivity contribution in [3.05, 3.63) is 52.9 Å². The van der Waals surface area contributed by atoms with Crippen molar-refractivity contribution in [3.8, 4) is 5.75 Å². The van der Waals surface area contributed by atoms with Gasteiger partial charge in [-0.15, -0.1) is 24.0 Å². The summed E-state index contributed by atoms with van der Waals surface area (Å²) in [4.78, 5) is 15.7. The van der Waals surface area contributed by atoms with Crippen LogP contribution in [0.25, 0.3) is 0 Å². The zero-order valence-electron chi connectivity index (χ0n) is 14.9. The van der Waals surface area contributed by atoms with Gasteiger partial charge in [-0.2, -0.15) is 8.78 Å². The fraction of sp³-hybridized carbons (Fsp3) is 0.294. The van der Waals surface area contributed by atoms with Crippen molar-refractivity contribution < 1.29 is 22.7 Å². The Kier molecular flexibility index (Phi) is 10.6. The van der Waals surface area contributed by atoms with Gasteiger partial charge in [0.1, 0.15) is 5.75 Å². The second-order valence-corrected chi connectivity index (χ2v) is 5.65. The van der Waals surface area contributed by atoms with Crippen molar-refractivity contribution in [1.82, 2.24) is 16.0 Å². The van der Waals surface area contributed by atoms with Crippen LogP contribution < -0.4 is 20.7 Å². The summed E-state index contributed by atoms with van der Waals surface area (Å²) in [6, 6.07) is 7.57. The first-order chi connectivity index (χ1) is 13.0. The normalized spacial score (nSPS) is 11.0. The molecule has 7 nitrogen and oxygen atoms in total. The fourth-order valence-corrected chi connectivity index (χ4v) is 2.34. The van der Waals surface area contributed by atoms with Crippen LogP contribution in [0.15, 0.2) is 46.0 Å². The second-order valence-electron chi connectivity index (χ2n) is 5.22. The number of amides is 1. The van der Waals surface area contributed by atoms with Gasteiger partial charge in [-0.05, 0) is 30.3 Å². The Labute approximate surface area is 182 Å². The van der Waals surface area contributed by atoms with Crippen LogP contribution in [0.3, 0.4) is 0 Å². The molecule has 0 fully saturated rings. The van der Waals surface area contributed by atoms with Gasteiger partial charge in [0.2, 0.25) is 0 Å². The number of halogens is 4. The first kappa shape index (κ1) is 24.0. The molecule has 1 aromatic carbocycles. The zero-order chi connectivity index (χ0) is 19.6. The molecule has 0 bridgehead atoms. The Bertz CT molecular complexity index is 776. The van der Waals surface area contributed by atoms with Gasteiger partial charge >= 0.3 is 6.61 Å². The lowest BCUT2D eigenvalue weighted by Crippen LogP contribution is -2.41. The number of ether oxygens (including phenoxy) is 1. The molecule has 1 aromatic heterocycles. The lowest BCUT2D eigenvalue weighted by molar-refractivity contribution is -0.0504. The molecular weight excluding hydrogens is 509 g/mol. The molecule has 0 aliphatic carbocycles. The van der Waals surface area contributed by atoms with Crippen molar-refractivity contribution in [1.29, 1.82) is 0 Å². The topological polar surface area (TPSA) is 87.9 Å². The predicted octanol–water partition coefficient (Wildman–Crippen LogP) is 3.25. The molecule has 0 saturated heterocycles. The van der Waals surface area contributed by atoms with Gasteiger partial charge in [0.15, 0.2) is 11.7 Å². The van der Waals surface area contributed by atoms with E-state index in [0.717, 1.165) is 0 Å². The van der Waals surface area contributed by atoms with Crippen molar-refractivity contribution in [2.75, 3.05) is 20.1 Å². The van der Waals surface area contributed by atoms with E-state index in [4.69, 9.17) is 16.0 Å². The first-order valence-corrected chi connectivity index (χ1v) is 8.37. The number of hydrogen-bond donors (Lipinski definition) is 3. The minimum atomic E-state index is -2.93. The molecule has 1 amide bonds. The van der Waals surface area contributed by atoms with Crippen LogP contribution in [0.2, 0.25) is 5.02 Å². The van der Waals surface area contributed by atoms with Gasteiger partial charge in [-0.3, -0.25) is 9.79 Å². The highest BCUT2D eigenvalue weighted by molar-refractivity contribution is 14.0. The summed E-state index contributed by atoms with van der Waals surface area (Å²) in [6.45, 7) is -2.04. The third-order valence-electron chi connectivity index (χ3n) is 3.36. The maximum absolute atomic E-state index is 12.5. The smallest absolute Gasteiger partial charge is 0.387 e. The number of nitrogens with zero attached hydrogens (tertiary/aromatic N) is 1. The third kappa shape index (κ3) is 7.89. The third-order valence-corrected chi connectivity index (χ3v) is 3.59. The summed E-state index contributed by atoms with van der Waals surface area (Å²) < 4.78 is 34.4. The van der Waals surface area contributed by atoms with E-state index in [-0.39, 0.29) is 47.9 Å². The second kappa shape index (κ2) is 12.4. The number of alkyl halides is 2. The molecule has 0 atom stereocenters. The molecule has 28 heavy (non-hydrogen) atoms. The quantitative estimate of drug-likeness (QED) is 0.212. The molecule has 154 valence electrons. The van der Waals surface area contributed by atoms with Crippen molar-refractivity contribution in [3.63, 3.8) is 0 Å². The van der Waals surface area contributed by atoms with Gasteiger partial charge in [0.25, 0.3) is 5.91 Å². The Hall–Kier alpha value is -2.08. The van der Waals surface area contributed by atoms with Gasteiger partial charge in [-0.1, -0.05) is 11.6 Å². The molecule has 0 saturated carbocycles. The van der Waals surface area contributed by atoms with Crippen LogP contribution in [0.4, 0.5) is 8.78 Å². The maximum Gasteiger partial charge on any atom is 0.387 e. The summed E-state index contributed by atoms with van der Waals surface area (Å²) in [6.07, 6.45) is 1.42. The standard InChI is InChI=1S/C17H19ClF2N4O3.HI/c1-21-17(23-7-6-22-15(25)14-3-2-8-26-14)24-10-11-9-12(18)4-5-13(11)27-16(19)20;/h2-5,8-9,16H,6-7,10H2,1H3,(H,22,25)(H2,21,23,24);1H. The summed E-state index contributed by atoms with van der Waals surface area (Å²) in [5.74, 6) is 0.357. The van der Waals surface area contributed by atoms with Crippen LogP contribution in [0.5, 0.6) is 5.75 Å². The van der Waals surface area contributed by atoms with Crippen molar-refractivity contribution >= 4 is 47.4 Å². The largest absolute Gasteiger partial charge is 0.459 e. The van der Waals surface area contributed by atoms with Crippen LogP contribution in [0, 0.1) is 0 Å². The Morgan fingerprint density at radius 3 is 2.64 bits per heavy atom. The predicted molar refractivity (Wildman–Crippen MR) is 113 cm³/mol. The van der Waals surface area contributed by atoms with Gasteiger partial charge in [0, 0.05) is 37.3 Å². The number of carbonyl (C=O) groups is 1. The average Bonchev–Trinajstić information content (AvgIpc) is 3.17. The van der Waals surface area contributed by atoms with Crippen molar-refractivity contribution in [2.24, 2.45) is 4.99 Å². The van der Waals surface area contributed by atoms with Gasteiger partial charge in [0.05, 0.1) is 6.26 Å². The van der Waals surface area contributed by atoms with E-state index in [1.54, 1.807) is 19.2 Å². The Morgan fingerprint density at radius 1 is 1.25 bits per heavy atom. The number of nitrogens with one attached hydrogen (secondary N) is 3. The summed E-state index contributed by atoms with van der Waals surface area (Å²) in [5, 5.41) is 9.03. The van der Waals surface area contributed by atoms with E-state index < -0.39 is 6.61 Å². The molecule has 0 radical (unpaired) electrons. The number of carbonyl (C=O) groups excluding carboxylic acids is 1. The lowest BCUT2D eigenvalue weighted by atomic mass is 10.2. The van der Waals surface area contributed by atoms with E-state index in [1.807, 2.05) is 0 Å². The lowest BCUT2D eigenvalue weighted by Gasteiger charge is -2.15. The molecule has 0 aliphatic heterocycles. The average molecular weight is 529 g/mol. The highest BCUT2D eigenvalue weighted by Gasteiger charge is 2.11. The zero-order valence-corrected chi connectivity index (χ0v) is 18.0. The number of hydrogen-bond acceptors (Lipinski definition) is 4. The molecular formula is C17H20ClF2IN4O3. The van der Waals surface area contributed by atoms with E-state index in [2.05, 4.69) is 25.7 Å². The van der Waals surface area contributed by atoms with Gasteiger partial charge < -0.3 is 25.1 Å². The highest BCUT2D eigenvalue weighted by atomic mass is 127. The molecule has 11 heteroatoms. The monoisotopic (exact) mass is 528 g/mol. The summed E-state index contributed by atoms with van der Waals surface area (Å²) in [5.41, 5.74) is 0.455. The van der Waals surface area contributed by atoms with E-state index >= 15 is 0 Å². The Morgan fingerprint density at radius 2 is 2.00 bits per heavy atom. The number of guanidine groups is 1. The molecule has 3 N–H and O–H groups in total. The molecule has 0 spiro atoms. The number of rotatable bonds is 8. The number of benzene rings is 1. The molecule has 2 aromatic rings. The van der Waals surface area contributed by atoms with E-state index in [1.165, 1.54) is 24.5 Å². The number of furan rings is 1. The maximum atomic E-state index is 12.5. The molecule has 1 heterocycles. The van der Waals surface area contributed by atoms with Crippen LogP contribution in [-0.2, 0) is 6.54 Å². The molecule has 0 aliphatic rings. The van der Waals surface area contributed by atoms with E-state index in [9.17, 15) is 13.6 Å². The SMILES string of the molecule is CN=C(NCCNC(=O)c1ccco1)NCc1cc(Cl)ccc1OC(F)F.I. The van der Waals surface area contributed by atoms with Crippen LogP contribution in [0.1, 0.15) is 16.1 Å². The van der Waals surface area contributed by atoms with Crippen molar-refractivity contribution in [2.45, 2.75) is 13.2 Å². The van der Waals surface area contributed by atoms with Crippen LogP contribution in [-0.4, -0.2) is 38.6 Å². The highest BCUT2D eigenvalue weighted by Crippen LogP contribution is 2.24. The Balaban J connectivity index is 0.00000392.